The molecule has 12 heteroatoms. The number of nitrogens with zero attached hydrogens (tertiary/aromatic N) is 2. The Kier molecular flexibility index (Phi) is 5.65. The maximum absolute atomic E-state index is 10.2. The molecule has 1 aromatic rings. The van der Waals surface area contributed by atoms with Crippen molar-refractivity contribution in [1.29, 1.82) is 0 Å². The van der Waals surface area contributed by atoms with Gasteiger partial charge in [0.1, 0.15) is 6.61 Å². The van der Waals surface area contributed by atoms with E-state index in [0.717, 1.165) is 0 Å². The zero-order valence-corrected chi connectivity index (χ0v) is 11.1. The number of hydrogen-bond acceptors (Lipinski definition) is 10. The second-order valence-electron chi connectivity index (χ2n) is 3.74. The van der Waals surface area contributed by atoms with Crippen molar-refractivity contribution in [1.82, 2.24) is 0 Å². The number of rotatable bonds is 9. The second kappa shape index (κ2) is 7.24. The zero-order chi connectivity index (χ0) is 16.8. The van der Waals surface area contributed by atoms with Crippen molar-refractivity contribution < 1.29 is 39.5 Å². The predicted octanol–water partition coefficient (Wildman–Crippen LogP) is -0.502. The molecule has 1 aromatic carbocycles. The van der Waals surface area contributed by atoms with E-state index in [1.807, 2.05) is 0 Å². The first-order valence-electron chi connectivity index (χ1n) is 5.61. The molecule has 0 heterocycles. The Labute approximate surface area is 122 Å². The third-order valence-corrected chi connectivity index (χ3v) is 2.30. The Bertz CT molecular complexity index is 520. The molecule has 1 unspecified atom stereocenters. The van der Waals surface area contributed by atoms with Crippen LogP contribution in [0.15, 0.2) is 24.3 Å². The molecule has 0 fully saturated rings. The lowest BCUT2D eigenvalue weighted by atomic mass is 10.3. The zero-order valence-electron chi connectivity index (χ0n) is 11.1. The van der Waals surface area contributed by atoms with Crippen LogP contribution < -0.4 is 9.47 Å². The number of para-hydroxylation sites is 2. The summed E-state index contributed by atoms with van der Waals surface area (Å²) >= 11 is 0. The Balaban J connectivity index is 2.80. The Morgan fingerprint density at radius 3 is 2.14 bits per heavy atom. The normalized spacial score (nSPS) is 12.1. The number of aliphatic hydroxyl groups is 2. The van der Waals surface area contributed by atoms with Crippen LogP contribution in [0.1, 0.15) is 0 Å². The lowest BCUT2D eigenvalue weighted by molar-refractivity contribution is -0.898. The highest BCUT2D eigenvalue weighted by Gasteiger charge is 2.45. The van der Waals surface area contributed by atoms with Gasteiger partial charge in [-0.1, -0.05) is 12.1 Å². The van der Waals surface area contributed by atoms with Crippen LogP contribution in [0, 0.1) is 20.2 Å². The lowest BCUT2D eigenvalue weighted by Crippen LogP contribution is -2.52. The van der Waals surface area contributed by atoms with Gasteiger partial charge in [-0.3, -0.25) is 0 Å². The molecule has 2 N–H and O–H groups in total. The van der Waals surface area contributed by atoms with Crippen LogP contribution in [0.3, 0.4) is 0 Å². The molecular formula is C10H12N2O10. The third-order valence-electron chi connectivity index (χ3n) is 2.30. The Hall–Kier alpha value is -2.86. The van der Waals surface area contributed by atoms with E-state index in [9.17, 15) is 30.4 Å². The van der Waals surface area contributed by atoms with Crippen LogP contribution in [0.5, 0.6) is 11.5 Å². The van der Waals surface area contributed by atoms with E-state index < -0.39 is 28.9 Å². The van der Waals surface area contributed by atoms with Crippen LogP contribution in [-0.4, -0.2) is 46.2 Å². The van der Waals surface area contributed by atoms with E-state index in [4.69, 9.17) is 9.47 Å². The summed E-state index contributed by atoms with van der Waals surface area (Å²) in [5.41, 5.74) is 0. The van der Waals surface area contributed by atoms with E-state index in [1.165, 1.54) is 19.2 Å². The predicted molar refractivity (Wildman–Crippen MR) is 65.6 cm³/mol. The summed E-state index contributed by atoms with van der Waals surface area (Å²) in [6.45, 7) is -0.821. The van der Waals surface area contributed by atoms with Crippen LogP contribution >= 0.6 is 0 Å². The molecule has 0 radical (unpaired) electrons. The van der Waals surface area contributed by atoms with Gasteiger partial charge in [-0.15, -0.1) is 20.2 Å². The second-order valence-corrected chi connectivity index (χ2v) is 3.74. The maximum atomic E-state index is 10.2. The molecule has 0 aliphatic carbocycles. The Morgan fingerprint density at radius 1 is 1.18 bits per heavy atom. The van der Waals surface area contributed by atoms with Crippen molar-refractivity contribution in [3.63, 3.8) is 0 Å². The van der Waals surface area contributed by atoms with Gasteiger partial charge in [0.2, 0.25) is 0 Å². The topological polar surface area (TPSA) is 164 Å². The molecule has 0 saturated carbocycles. The number of ether oxygens (including phenoxy) is 2. The highest BCUT2D eigenvalue weighted by molar-refractivity contribution is 5.39. The molecule has 0 aromatic heterocycles. The SMILES string of the molecule is COc1ccccc1OCC(O)C(O)(O[N+](=O)[O-])O[N+](=O)[O-]. The van der Waals surface area contributed by atoms with Crippen molar-refractivity contribution in [3.8, 4) is 11.5 Å². The standard InChI is InChI=1S/C10H12N2O10/c1-19-7-4-2-3-5-8(7)20-6-9(13)10(14,21-11(15)16)22-12(17)18/h2-5,9,13-14H,6H2,1H3. The van der Waals surface area contributed by atoms with E-state index in [0.29, 0.717) is 0 Å². The lowest BCUT2D eigenvalue weighted by Gasteiger charge is -2.27. The third kappa shape index (κ3) is 4.60. The minimum atomic E-state index is -3.53. The molecule has 22 heavy (non-hydrogen) atoms. The van der Waals surface area contributed by atoms with Gasteiger partial charge < -0.3 is 19.7 Å². The summed E-state index contributed by atoms with van der Waals surface area (Å²) < 4.78 is 10.0. The molecule has 0 bridgehead atoms. The summed E-state index contributed by atoms with van der Waals surface area (Å²) in [6, 6.07) is 6.16. The van der Waals surface area contributed by atoms with E-state index in [1.54, 1.807) is 12.1 Å². The van der Waals surface area contributed by atoms with Crippen LogP contribution in [0.2, 0.25) is 0 Å². The number of methoxy groups -OCH3 is 1. The maximum Gasteiger partial charge on any atom is 0.393 e. The van der Waals surface area contributed by atoms with E-state index >= 15 is 0 Å². The summed E-state index contributed by atoms with van der Waals surface area (Å²) in [6.07, 6.45) is -2.27. The van der Waals surface area contributed by atoms with Crippen molar-refractivity contribution in [2.24, 2.45) is 0 Å². The molecule has 0 aliphatic heterocycles. The molecule has 0 amide bonds. The van der Waals surface area contributed by atoms with Crippen LogP contribution in [-0.2, 0) is 9.68 Å². The molecule has 0 spiro atoms. The van der Waals surface area contributed by atoms with E-state index in [-0.39, 0.29) is 11.5 Å². The number of benzene rings is 1. The number of aliphatic hydroxyl groups excluding tert-OH is 1. The van der Waals surface area contributed by atoms with Crippen molar-refractivity contribution in [2.45, 2.75) is 12.1 Å². The average molecular weight is 320 g/mol. The fraction of sp³-hybridized carbons (Fsp3) is 0.400. The highest BCUT2D eigenvalue weighted by atomic mass is 17.1. The largest absolute Gasteiger partial charge is 0.493 e. The fourth-order valence-corrected chi connectivity index (χ4v) is 1.36. The molecule has 0 saturated heterocycles. The minimum absolute atomic E-state index is 0.119. The summed E-state index contributed by atoms with van der Waals surface area (Å²) in [7, 11) is 1.35. The van der Waals surface area contributed by atoms with Crippen LogP contribution in [0.25, 0.3) is 0 Å². The van der Waals surface area contributed by atoms with Gasteiger partial charge in [0.25, 0.3) is 10.2 Å². The monoisotopic (exact) mass is 320 g/mol. The first-order valence-corrected chi connectivity index (χ1v) is 5.61. The molecular weight excluding hydrogens is 308 g/mol. The molecule has 1 atom stereocenters. The van der Waals surface area contributed by atoms with Gasteiger partial charge in [0.05, 0.1) is 7.11 Å². The molecule has 12 nitrogen and oxygen atoms in total. The summed E-state index contributed by atoms with van der Waals surface area (Å²) in [5.74, 6) is -3.15. The highest BCUT2D eigenvalue weighted by Crippen LogP contribution is 2.26. The summed E-state index contributed by atoms with van der Waals surface area (Å²) in [4.78, 5) is 27.7. The van der Waals surface area contributed by atoms with Gasteiger partial charge in [0, 0.05) is 0 Å². The quantitative estimate of drug-likeness (QED) is 0.344. The molecule has 1 rings (SSSR count). The van der Waals surface area contributed by atoms with Gasteiger partial charge in [-0.2, -0.15) is 0 Å². The molecule has 0 aliphatic rings. The summed E-state index contributed by atoms with van der Waals surface area (Å²) in [5, 5.41) is 36.5. The van der Waals surface area contributed by atoms with Crippen molar-refractivity contribution >= 4 is 0 Å². The first kappa shape index (κ1) is 17.2. The van der Waals surface area contributed by atoms with Crippen molar-refractivity contribution in [2.75, 3.05) is 13.7 Å². The Morgan fingerprint density at radius 2 is 1.68 bits per heavy atom. The van der Waals surface area contributed by atoms with Gasteiger partial charge in [0.15, 0.2) is 17.6 Å². The number of hydrogen-bond donors (Lipinski definition) is 2. The average Bonchev–Trinajstić information content (AvgIpc) is 2.43. The van der Waals surface area contributed by atoms with Gasteiger partial charge >= 0.3 is 5.97 Å². The minimum Gasteiger partial charge on any atom is -0.493 e. The smallest absolute Gasteiger partial charge is 0.393 e. The van der Waals surface area contributed by atoms with Gasteiger partial charge in [-0.05, 0) is 12.1 Å². The van der Waals surface area contributed by atoms with Gasteiger partial charge in [-0.25, -0.2) is 9.68 Å². The molecule has 122 valence electrons. The van der Waals surface area contributed by atoms with Crippen molar-refractivity contribution in [3.05, 3.63) is 44.5 Å². The first-order chi connectivity index (χ1) is 10.3. The fourth-order valence-electron chi connectivity index (χ4n) is 1.36. The van der Waals surface area contributed by atoms with Crippen LogP contribution in [0.4, 0.5) is 0 Å². The van der Waals surface area contributed by atoms with E-state index in [2.05, 4.69) is 9.68 Å².